The minimum atomic E-state index is -0.766. The fourth-order valence-electron chi connectivity index (χ4n) is 3.25. The molecule has 0 aliphatic carbocycles. The molecule has 0 saturated carbocycles. The number of carboxylic acid groups (broad SMARTS) is 1. The molecule has 0 spiro atoms. The zero-order valence-corrected chi connectivity index (χ0v) is 14.2. The lowest BCUT2D eigenvalue weighted by Gasteiger charge is -2.36. The van der Waals surface area contributed by atoms with Crippen LogP contribution in [0.5, 0.6) is 0 Å². The van der Waals surface area contributed by atoms with Crippen LogP contribution in [0.3, 0.4) is 0 Å². The first-order chi connectivity index (χ1) is 11.4. The van der Waals surface area contributed by atoms with E-state index in [-0.39, 0.29) is 18.1 Å². The van der Waals surface area contributed by atoms with Gasteiger partial charge in [-0.3, -0.25) is 14.5 Å². The van der Waals surface area contributed by atoms with Crippen molar-refractivity contribution in [1.82, 2.24) is 9.80 Å². The molecule has 1 amide bonds. The largest absolute Gasteiger partial charge is 0.481 e. The Kier molecular flexibility index (Phi) is 6.31. The number of likely N-dealkylation sites (tertiary alicyclic amines) is 1. The lowest BCUT2D eigenvalue weighted by atomic mass is 9.91. The fraction of sp³-hybridized carbons (Fsp3) is 0.556. The van der Waals surface area contributed by atoms with Crippen LogP contribution in [0.2, 0.25) is 0 Å². The van der Waals surface area contributed by atoms with Gasteiger partial charge in [0.25, 0.3) is 0 Å². The molecule has 0 bridgehead atoms. The van der Waals surface area contributed by atoms with Gasteiger partial charge in [-0.25, -0.2) is 4.39 Å². The van der Waals surface area contributed by atoms with Crippen LogP contribution in [-0.4, -0.2) is 54.0 Å². The highest BCUT2D eigenvalue weighted by molar-refractivity contribution is 5.83. The average Bonchev–Trinajstić information content (AvgIpc) is 2.55. The molecule has 0 radical (unpaired) electrons. The summed E-state index contributed by atoms with van der Waals surface area (Å²) in [5.41, 5.74) is 0.777. The third-order valence-electron chi connectivity index (χ3n) is 4.63. The first kappa shape index (κ1) is 18.4. The third-order valence-corrected chi connectivity index (χ3v) is 4.63. The number of hydrogen-bond acceptors (Lipinski definition) is 3. The van der Waals surface area contributed by atoms with Crippen LogP contribution in [0.4, 0.5) is 4.39 Å². The number of rotatable bonds is 6. The minimum Gasteiger partial charge on any atom is -0.481 e. The van der Waals surface area contributed by atoms with Gasteiger partial charge in [0.2, 0.25) is 5.91 Å². The van der Waals surface area contributed by atoms with Crippen LogP contribution in [0.1, 0.15) is 37.3 Å². The lowest BCUT2D eigenvalue weighted by molar-refractivity contribution is -0.139. The molecule has 1 N–H and O–H groups in total. The summed E-state index contributed by atoms with van der Waals surface area (Å²) in [6.07, 6.45) is 2.53. The second kappa shape index (κ2) is 8.24. The highest BCUT2D eigenvalue weighted by Crippen LogP contribution is 2.26. The standard InChI is InChI=1S/C18H25FN2O3/c1-20(2)17(14-4-6-15(19)7-5-14)18(24)21-11-9-13(10-12-21)3-8-16(22)23/h4-7,13,17H,3,8-12H2,1-2H3,(H,22,23)/t17-/m1/s1. The number of benzene rings is 1. The van der Waals surface area contributed by atoms with Crippen molar-refractivity contribution in [2.45, 2.75) is 31.7 Å². The number of nitrogens with zero attached hydrogens (tertiary/aromatic N) is 2. The third kappa shape index (κ3) is 4.77. The van der Waals surface area contributed by atoms with Gasteiger partial charge in [0.15, 0.2) is 0 Å². The van der Waals surface area contributed by atoms with Crippen molar-refractivity contribution in [3.05, 3.63) is 35.6 Å². The highest BCUT2D eigenvalue weighted by Gasteiger charge is 2.30. The summed E-state index contributed by atoms with van der Waals surface area (Å²) in [5, 5.41) is 8.77. The van der Waals surface area contributed by atoms with Gasteiger partial charge < -0.3 is 10.0 Å². The summed E-state index contributed by atoms with van der Waals surface area (Å²) in [7, 11) is 3.68. The second-order valence-electron chi connectivity index (χ2n) is 6.62. The molecular weight excluding hydrogens is 311 g/mol. The van der Waals surface area contributed by atoms with E-state index in [0.29, 0.717) is 25.4 Å². The van der Waals surface area contributed by atoms with Gasteiger partial charge in [0.05, 0.1) is 0 Å². The molecule has 24 heavy (non-hydrogen) atoms. The van der Waals surface area contributed by atoms with Crippen LogP contribution in [0.15, 0.2) is 24.3 Å². The number of piperidine rings is 1. The SMILES string of the molecule is CN(C)[C@@H](C(=O)N1CCC(CCC(=O)O)CC1)c1ccc(F)cc1. The molecule has 1 aromatic carbocycles. The predicted molar refractivity (Wildman–Crippen MR) is 89.0 cm³/mol. The number of halogens is 1. The lowest BCUT2D eigenvalue weighted by Crippen LogP contribution is -2.44. The molecule has 1 atom stereocenters. The molecule has 1 fully saturated rings. The van der Waals surface area contributed by atoms with E-state index < -0.39 is 12.0 Å². The van der Waals surface area contributed by atoms with E-state index >= 15 is 0 Å². The molecule has 1 aromatic rings. The van der Waals surface area contributed by atoms with Crippen LogP contribution >= 0.6 is 0 Å². The molecule has 1 heterocycles. The Morgan fingerprint density at radius 3 is 2.33 bits per heavy atom. The molecule has 6 heteroatoms. The maximum Gasteiger partial charge on any atom is 0.303 e. The fourth-order valence-corrected chi connectivity index (χ4v) is 3.25. The zero-order chi connectivity index (χ0) is 17.7. The Morgan fingerprint density at radius 1 is 1.25 bits per heavy atom. The Labute approximate surface area is 142 Å². The van der Waals surface area contributed by atoms with Gasteiger partial charge in [-0.1, -0.05) is 12.1 Å². The van der Waals surface area contributed by atoms with Crippen molar-refractivity contribution < 1.29 is 19.1 Å². The quantitative estimate of drug-likeness (QED) is 0.867. The van der Waals surface area contributed by atoms with Crippen LogP contribution < -0.4 is 0 Å². The molecule has 2 rings (SSSR count). The van der Waals surface area contributed by atoms with Crippen molar-refractivity contribution in [1.29, 1.82) is 0 Å². The summed E-state index contributed by atoms with van der Waals surface area (Å²) in [6, 6.07) is 5.62. The van der Waals surface area contributed by atoms with Crippen molar-refractivity contribution in [3.8, 4) is 0 Å². The molecule has 0 aromatic heterocycles. The summed E-state index contributed by atoms with van der Waals surface area (Å²) in [4.78, 5) is 27.2. The van der Waals surface area contributed by atoms with Crippen molar-refractivity contribution in [2.24, 2.45) is 5.92 Å². The molecule has 1 aliphatic heterocycles. The minimum absolute atomic E-state index is 0.0169. The van der Waals surface area contributed by atoms with Gasteiger partial charge in [-0.05, 0) is 57.0 Å². The van der Waals surface area contributed by atoms with E-state index in [0.717, 1.165) is 18.4 Å². The number of aliphatic carboxylic acids is 1. The van der Waals surface area contributed by atoms with Crippen molar-refractivity contribution in [3.63, 3.8) is 0 Å². The molecular formula is C18H25FN2O3. The summed E-state index contributed by atoms with van der Waals surface area (Å²) in [6.45, 7) is 1.29. The summed E-state index contributed by atoms with van der Waals surface area (Å²) < 4.78 is 13.1. The van der Waals surface area contributed by atoms with Gasteiger partial charge >= 0.3 is 5.97 Å². The van der Waals surface area contributed by atoms with E-state index in [1.165, 1.54) is 12.1 Å². The monoisotopic (exact) mass is 336 g/mol. The van der Waals surface area contributed by atoms with Gasteiger partial charge in [-0.2, -0.15) is 0 Å². The first-order valence-corrected chi connectivity index (χ1v) is 8.31. The molecule has 1 saturated heterocycles. The van der Waals surface area contributed by atoms with E-state index in [1.54, 1.807) is 12.1 Å². The Balaban J connectivity index is 1.99. The summed E-state index contributed by atoms with van der Waals surface area (Å²) in [5.74, 6) is -0.697. The Hall–Kier alpha value is -1.95. The van der Waals surface area contributed by atoms with E-state index in [1.807, 2.05) is 23.9 Å². The predicted octanol–water partition coefficient (Wildman–Crippen LogP) is 2.53. The van der Waals surface area contributed by atoms with Crippen molar-refractivity contribution in [2.75, 3.05) is 27.2 Å². The number of amides is 1. The maximum absolute atomic E-state index is 13.1. The maximum atomic E-state index is 13.1. The van der Waals surface area contributed by atoms with Crippen LogP contribution in [0.25, 0.3) is 0 Å². The Bertz CT molecular complexity index is 566. The number of carboxylic acids is 1. The highest BCUT2D eigenvalue weighted by atomic mass is 19.1. The van der Waals surface area contributed by atoms with E-state index in [4.69, 9.17) is 5.11 Å². The molecule has 0 unspecified atom stereocenters. The topological polar surface area (TPSA) is 60.9 Å². The van der Waals surface area contributed by atoms with Gasteiger partial charge in [0, 0.05) is 19.5 Å². The smallest absolute Gasteiger partial charge is 0.303 e. The molecule has 1 aliphatic rings. The van der Waals surface area contributed by atoms with Gasteiger partial charge in [0.1, 0.15) is 11.9 Å². The number of carbonyl (C=O) groups is 2. The van der Waals surface area contributed by atoms with E-state index in [9.17, 15) is 14.0 Å². The van der Waals surface area contributed by atoms with Crippen LogP contribution in [-0.2, 0) is 9.59 Å². The average molecular weight is 336 g/mol. The van der Waals surface area contributed by atoms with Crippen molar-refractivity contribution >= 4 is 11.9 Å². The number of carbonyl (C=O) groups excluding carboxylic acids is 1. The summed E-state index contributed by atoms with van der Waals surface area (Å²) >= 11 is 0. The second-order valence-corrected chi connectivity index (χ2v) is 6.62. The first-order valence-electron chi connectivity index (χ1n) is 8.31. The normalized spacial score (nSPS) is 17.1. The molecule has 132 valence electrons. The van der Waals surface area contributed by atoms with Gasteiger partial charge in [-0.15, -0.1) is 0 Å². The van der Waals surface area contributed by atoms with Crippen LogP contribution in [0, 0.1) is 11.7 Å². The Morgan fingerprint density at radius 2 is 1.83 bits per heavy atom. The number of hydrogen-bond donors (Lipinski definition) is 1. The zero-order valence-electron chi connectivity index (χ0n) is 14.2. The van der Waals surface area contributed by atoms with E-state index in [2.05, 4.69) is 0 Å². The number of likely N-dealkylation sites (N-methyl/N-ethyl adjacent to an activating group) is 1. The molecule has 5 nitrogen and oxygen atoms in total.